The van der Waals surface area contributed by atoms with Crippen LogP contribution in [0.15, 0.2) is 36.5 Å². The Hall–Kier alpha value is -2.37. The molecule has 0 aliphatic carbocycles. The van der Waals surface area contributed by atoms with Gasteiger partial charge in [0.05, 0.1) is 0 Å². The monoisotopic (exact) mass is 1080 g/mol. The van der Waals surface area contributed by atoms with Gasteiger partial charge in [0.25, 0.3) is 0 Å². The molecular weight excluding hydrogens is 949 g/mol. The molecule has 1 atom stereocenters. The molecule has 452 valence electrons. The smallest absolute Gasteiger partial charge is 0.306 e. The molecule has 0 heterocycles. The molecule has 0 aliphatic heterocycles. The Bertz CT molecular complexity index is 1290. The minimum Gasteiger partial charge on any atom is -0.462 e. The van der Waals surface area contributed by atoms with Gasteiger partial charge >= 0.3 is 17.9 Å². The van der Waals surface area contributed by atoms with Crippen molar-refractivity contribution in [1.29, 1.82) is 0 Å². The lowest BCUT2D eigenvalue weighted by Gasteiger charge is -2.18. The zero-order valence-electron chi connectivity index (χ0n) is 52.0. The van der Waals surface area contributed by atoms with E-state index in [1.165, 1.54) is 270 Å². The van der Waals surface area contributed by atoms with Crippen molar-refractivity contribution < 1.29 is 28.6 Å². The molecular formula is C71H132O6. The van der Waals surface area contributed by atoms with Crippen LogP contribution in [0, 0.1) is 0 Å². The largest absolute Gasteiger partial charge is 0.462 e. The molecule has 0 bridgehead atoms. The van der Waals surface area contributed by atoms with Crippen LogP contribution in [0.3, 0.4) is 0 Å². The quantitative estimate of drug-likeness (QED) is 0.0261. The number of ether oxygens (including phenoxy) is 3. The average molecular weight is 1080 g/mol. The van der Waals surface area contributed by atoms with Crippen LogP contribution in [0.4, 0.5) is 0 Å². The topological polar surface area (TPSA) is 78.9 Å². The normalized spacial score (nSPS) is 12.2. The second-order valence-corrected chi connectivity index (χ2v) is 23.4. The Morgan fingerprint density at radius 1 is 0.260 bits per heavy atom. The van der Waals surface area contributed by atoms with Gasteiger partial charge in [0.2, 0.25) is 0 Å². The summed E-state index contributed by atoms with van der Waals surface area (Å²) in [6, 6.07) is 0. The van der Waals surface area contributed by atoms with Crippen molar-refractivity contribution >= 4 is 17.9 Å². The summed E-state index contributed by atoms with van der Waals surface area (Å²) in [4.78, 5) is 38.4. The van der Waals surface area contributed by atoms with Crippen molar-refractivity contribution in [2.75, 3.05) is 13.2 Å². The van der Waals surface area contributed by atoms with Crippen molar-refractivity contribution in [3.05, 3.63) is 36.5 Å². The lowest BCUT2D eigenvalue weighted by Crippen LogP contribution is -2.30. The van der Waals surface area contributed by atoms with Crippen LogP contribution in [0.5, 0.6) is 0 Å². The highest BCUT2D eigenvalue weighted by Crippen LogP contribution is 2.18. The number of unbranched alkanes of at least 4 members (excludes halogenated alkanes) is 47. The van der Waals surface area contributed by atoms with Gasteiger partial charge in [0.15, 0.2) is 6.10 Å². The summed E-state index contributed by atoms with van der Waals surface area (Å²) in [6.07, 6.45) is 81.6. The molecule has 0 amide bonds. The molecule has 6 nitrogen and oxygen atoms in total. The molecule has 0 spiro atoms. The lowest BCUT2D eigenvalue weighted by molar-refractivity contribution is -0.167. The van der Waals surface area contributed by atoms with Crippen LogP contribution < -0.4 is 0 Å². The molecule has 1 unspecified atom stereocenters. The highest BCUT2D eigenvalue weighted by atomic mass is 16.6. The number of hydrogen-bond acceptors (Lipinski definition) is 6. The van der Waals surface area contributed by atoms with E-state index < -0.39 is 6.10 Å². The minimum absolute atomic E-state index is 0.0712. The molecule has 0 saturated carbocycles. The third kappa shape index (κ3) is 64.3. The van der Waals surface area contributed by atoms with Crippen LogP contribution in [-0.4, -0.2) is 37.2 Å². The summed E-state index contributed by atoms with van der Waals surface area (Å²) in [5, 5.41) is 0. The molecule has 6 heteroatoms. The fraction of sp³-hybridized carbons (Fsp3) is 0.873. The third-order valence-corrected chi connectivity index (χ3v) is 15.6. The van der Waals surface area contributed by atoms with Crippen molar-refractivity contribution in [2.45, 2.75) is 386 Å². The molecule has 0 aromatic heterocycles. The summed E-state index contributed by atoms with van der Waals surface area (Å²) in [6.45, 7) is 6.69. The number of allylic oxidation sites excluding steroid dienone is 6. The Balaban J connectivity index is 4.33. The highest BCUT2D eigenvalue weighted by molar-refractivity contribution is 5.71. The van der Waals surface area contributed by atoms with E-state index in [2.05, 4.69) is 57.2 Å². The van der Waals surface area contributed by atoms with E-state index >= 15 is 0 Å². The summed E-state index contributed by atoms with van der Waals surface area (Å²) in [5.74, 6) is -0.852. The average Bonchev–Trinajstić information content (AvgIpc) is 3.43. The predicted molar refractivity (Wildman–Crippen MR) is 335 cm³/mol. The van der Waals surface area contributed by atoms with Gasteiger partial charge in [-0.2, -0.15) is 0 Å². The number of carbonyl (C=O) groups is 3. The fourth-order valence-corrected chi connectivity index (χ4v) is 10.4. The first kappa shape index (κ1) is 74.6. The molecule has 0 saturated heterocycles. The van der Waals surface area contributed by atoms with Crippen LogP contribution in [0.25, 0.3) is 0 Å². The predicted octanol–water partition coefficient (Wildman–Crippen LogP) is 23.6. The molecule has 0 aromatic carbocycles. The van der Waals surface area contributed by atoms with E-state index in [9.17, 15) is 14.4 Å². The third-order valence-electron chi connectivity index (χ3n) is 15.6. The molecule has 0 N–H and O–H groups in total. The molecule has 0 aliphatic rings. The first-order valence-corrected chi connectivity index (χ1v) is 34.5. The summed E-state index contributed by atoms with van der Waals surface area (Å²) in [5.41, 5.74) is 0. The van der Waals surface area contributed by atoms with Crippen LogP contribution in [0.2, 0.25) is 0 Å². The van der Waals surface area contributed by atoms with Gasteiger partial charge in [-0.1, -0.05) is 320 Å². The van der Waals surface area contributed by atoms with Crippen molar-refractivity contribution in [1.82, 2.24) is 0 Å². The van der Waals surface area contributed by atoms with Gasteiger partial charge in [-0.15, -0.1) is 0 Å². The van der Waals surface area contributed by atoms with Gasteiger partial charge in [-0.3, -0.25) is 14.4 Å². The van der Waals surface area contributed by atoms with Crippen LogP contribution in [0.1, 0.15) is 380 Å². The van der Waals surface area contributed by atoms with Gasteiger partial charge in [-0.05, 0) is 77.0 Å². The van der Waals surface area contributed by atoms with Crippen molar-refractivity contribution in [3.8, 4) is 0 Å². The Kier molecular flexibility index (Phi) is 64.1. The standard InChI is InChI=1S/C71H132O6/c1-4-7-10-13-16-19-22-25-28-31-34-36-38-40-43-46-49-52-55-58-61-64-70(73)76-67-68(66-75-69(72)63-60-57-54-51-48-45-42-39-33-30-27-24-21-18-15-12-9-6-3)77-71(74)65-62-59-56-53-50-47-44-41-37-35-32-29-26-23-20-17-14-11-8-5-2/h21,24,30-31,33-34,68H,4-20,22-23,25-29,32,35-67H2,1-3H3/b24-21-,33-30-,34-31-. The van der Waals surface area contributed by atoms with Gasteiger partial charge in [0, 0.05) is 19.3 Å². The van der Waals surface area contributed by atoms with E-state index in [4.69, 9.17) is 14.2 Å². The Morgan fingerprint density at radius 2 is 0.468 bits per heavy atom. The molecule has 0 fully saturated rings. The number of hydrogen-bond donors (Lipinski definition) is 0. The fourth-order valence-electron chi connectivity index (χ4n) is 10.4. The van der Waals surface area contributed by atoms with Crippen LogP contribution in [-0.2, 0) is 28.6 Å². The van der Waals surface area contributed by atoms with E-state index in [-0.39, 0.29) is 31.1 Å². The highest BCUT2D eigenvalue weighted by Gasteiger charge is 2.19. The number of rotatable bonds is 64. The Morgan fingerprint density at radius 3 is 0.740 bits per heavy atom. The zero-order chi connectivity index (χ0) is 55.7. The van der Waals surface area contributed by atoms with Crippen molar-refractivity contribution in [3.63, 3.8) is 0 Å². The maximum atomic E-state index is 13.0. The molecule has 0 radical (unpaired) electrons. The van der Waals surface area contributed by atoms with Crippen molar-refractivity contribution in [2.24, 2.45) is 0 Å². The SMILES string of the molecule is CCCCCC/C=C\C/C=C\CCCCCCCCCC(=O)OCC(COC(=O)CCCCCCCCCCC/C=C\CCCCCCCCCC)OC(=O)CCCCCCCCCCCCCCCCCCCCCC. The zero-order valence-corrected chi connectivity index (χ0v) is 52.0. The molecule has 77 heavy (non-hydrogen) atoms. The number of esters is 3. The number of carbonyl (C=O) groups excluding carboxylic acids is 3. The first-order chi connectivity index (χ1) is 38.0. The first-order valence-electron chi connectivity index (χ1n) is 34.5. The van der Waals surface area contributed by atoms with Gasteiger partial charge < -0.3 is 14.2 Å². The van der Waals surface area contributed by atoms with Crippen LogP contribution >= 0.6 is 0 Å². The molecule has 0 aromatic rings. The van der Waals surface area contributed by atoms with Gasteiger partial charge in [-0.25, -0.2) is 0 Å². The van der Waals surface area contributed by atoms with Gasteiger partial charge in [0.1, 0.15) is 13.2 Å². The van der Waals surface area contributed by atoms with E-state index in [0.29, 0.717) is 19.3 Å². The Labute approximate surface area is 480 Å². The lowest BCUT2D eigenvalue weighted by atomic mass is 10.0. The summed E-state index contributed by atoms with van der Waals surface area (Å²) in [7, 11) is 0. The second kappa shape index (κ2) is 66.1. The maximum Gasteiger partial charge on any atom is 0.306 e. The van der Waals surface area contributed by atoms with E-state index in [1.54, 1.807) is 0 Å². The second-order valence-electron chi connectivity index (χ2n) is 23.4. The summed E-state index contributed by atoms with van der Waals surface area (Å²) < 4.78 is 17.0. The maximum absolute atomic E-state index is 13.0. The summed E-state index contributed by atoms with van der Waals surface area (Å²) >= 11 is 0. The van der Waals surface area contributed by atoms with E-state index in [1.807, 2.05) is 0 Å². The van der Waals surface area contributed by atoms with E-state index in [0.717, 1.165) is 70.6 Å². The minimum atomic E-state index is -0.775. The molecule has 0 rings (SSSR count).